The Morgan fingerprint density at radius 2 is 1.83 bits per heavy atom. The number of amides is 2. The van der Waals surface area contributed by atoms with Crippen LogP contribution < -0.4 is 10.6 Å². The van der Waals surface area contributed by atoms with Crippen LogP contribution in [-0.2, 0) is 4.79 Å². The van der Waals surface area contributed by atoms with Crippen LogP contribution in [-0.4, -0.2) is 32.6 Å². The Kier molecular flexibility index (Phi) is 5.72. The van der Waals surface area contributed by atoms with E-state index in [0.717, 1.165) is 25.7 Å². The van der Waals surface area contributed by atoms with Crippen molar-refractivity contribution >= 4 is 33.4 Å². The fourth-order valence-corrected chi connectivity index (χ4v) is 4.25. The topological polar surface area (TPSA) is 88.9 Å². The van der Waals surface area contributed by atoms with Crippen LogP contribution in [0.4, 0.5) is 5.69 Å². The quantitative estimate of drug-likeness (QED) is 0.587. The number of anilines is 1. The monoisotopic (exact) mass is 459 g/mol. The molecule has 8 heteroatoms. The molecule has 2 aromatic heterocycles. The number of halogens is 1. The lowest BCUT2D eigenvalue weighted by Crippen LogP contribution is -2.50. The van der Waals surface area contributed by atoms with Gasteiger partial charge in [-0.25, -0.2) is 4.98 Å². The molecule has 7 nitrogen and oxygen atoms in total. The normalized spacial score (nSPS) is 17.4. The van der Waals surface area contributed by atoms with Crippen molar-refractivity contribution in [2.75, 3.05) is 5.32 Å². The summed E-state index contributed by atoms with van der Waals surface area (Å²) in [6.07, 6.45) is 7.75. The zero-order valence-electron chi connectivity index (χ0n) is 16.6. The molecule has 0 bridgehead atoms. The Hall–Kier alpha value is -2.22. The third-order valence-electron chi connectivity index (χ3n) is 5.67. The van der Waals surface area contributed by atoms with Gasteiger partial charge in [0.05, 0.1) is 11.9 Å². The van der Waals surface area contributed by atoms with Crippen molar-refractivity contribution < 1.29 is 9.59 Å². The molecule has 2 aromatic rings. The smallest absolute Gasteiger partial charge is 0.270 e. The number of aromatic nitrogens is 3. The molecule has 0 aromatic carbocycles. The van der Waals surface area contributed by atoms with Gasteiger partial charge < -0.3 is 10.6 Å². The van der Waals surface area contributed by atoms with Crippen LogP contribution in [0.3, 0.4) is 0 Å². The number of nitrogens with zero attached hydrogens (tertiary/aromatic N) is 3. The molecule has 1 unspecified atom stereocenters. The Morgan fingerprint density at radius 1 is 1.14 bits per heavy atom. The van der Waals surface area contributed by atoms with Crippen LogP contribution in [0, 0.1) is 17.8 Å². The maximum Gasteiger partial charge on any atom is 0.270 e. The fraction of sp³-hybridized carbons (Fsp3) is 0.524. The van der Waals surface area contributed by atoms with E-state index in [1.807, 2.05) is 13.8 Å². The Bertz CT molecular complexity index is 875. The van der Waals surface area contributed by atoms with E-state index in [2.05, 4.69) is 36.6 Å². The second kappa shape index (κ2) is 8.26. The SMILES string of the molecule is CC(C)n1nccc1C(=O)NC(C(=O)Nc1ccc(Br)nc1)C(C1CC1)C1CC1. The van der Waals surface area contributed by atoms with Crippen molar-refractivity contribution in [3.63, 3.8) is 0 Å². The van der Waals surface area contributed by atoms with Gasteiger partial charge >= 0.3 is 0 Å². The molecular formula is C21H26BrN5O2. The minimum atomic E-state index is -0.568. The fourth-order valence-electron chi connectivity index (χ4n) is 4.02. The Labute approximate surface area is 178 Å². The lowest BCUT2D eigenvalue weighted by atomic mass is 9.88. The van der Waals surface area contributed by atoms with Gasteiger partial charge in [0, 0.05) is 12.2 Å². The summed E-state index contributed by atoms with van der Waals surface area (Å²) in [5, 5.41) is 10.2. The van der Waals surface area contributed by atoms with Crippen molar-refractivity contribution in [3.05, 3.63) is 40.9 Å². The van der Waals surface area contributed by atoms with E-state index in [9.17, 15) is 9.59 Å². The van der Waals surface area contributed by atoms with Gasteiger partial charge in [-0.1, -0.05) is 0 Å². The zero-order valence-corrected chi connectivity index (χ0v) is 18.2. The van der Waals surface area contributed by atoms with Gasteiger partial charge in [-0.15, -0.1) is 0 Å². The summed E-state index contributed by atoms with van der Waals surface area (Å²) in [7, 11) is 0. The Morgan fingerprint density at radius 3 is 2.38 bits per heavy atom. The average molecular weight is 460 g/mol. The van der Waals surface area contributed by atoms with E-state index in [1.165, 1.54) is 0 Å². The van der Waals surface area contributed by atoms with E-state index >= 15 is 0 Å². The number of hydrogen-bond donors (Lipinski definition) is 2. The van der Waals surface area contributed by atoms with Crippen LogP contribution in [0.1, 0.15) is 56.1 Å². The summed E-state index contributed by atoms with van der Waals surface area (Å²) in [6.45, 7) is 3.96. The third-order valence-corrected chi connectivity index (χ3v) is 6.14. The summed E-state index contributed by atoms with van der Waals surface area (Å²) < 4.78 is 2.39. The van der Waals surface area contributed by atoms with Gasteiger partial charge in [-0.2, -0.15) is 5.10 Å². The number of carbonyl (C=O) groups excluding carboxylic acids is 2. The van der Waals surface area contributed by atoms with Crippen molar-refractivity contribution in [2.24, 2.45) is 17.8 Å². The summed E-state index contributed by atoms with van der Waals surface area (Å²) in [6, 6.07) is 4.78. The molecular weight excluding hydrogens is 434 g/mol. The first kappa shape index (κ1) is 20.1. The standard InChI is InChI=1S/C21H26BrN5O2/c1-12(2)27-16(9-10-24-27)20(28)26-19(18(13-3-4-13)14-5-6-14)21(29)25-15-7-8-17(22)23-11-15/h7-14,18-19H,3-6H2,1-2H3,(H,25,29)(H,26,28). The molecule has 4 rings (SSSR count). The highest BCUT2D eigenvalue weighted by Gasteiger charge is 2.48. The first-order valence-electron chi connectivity index (χ1n) is 10.2. The van der Waals surface area contributed by atoms with Crippen LogP contribution in [0.25, 0.3) is 0 Å². The average Bonchev–Trinajstić information content (AvgIpc) is 3.62. The van der Waals surface area contributed by atoms with Gasteiger partial charge in [0.25, 0.3) is 5.91 Å². The van der Waals surface area contributed by atoms with Crippen LogP contribution in [0.2, 0.25) is 0 Å². The summed E-state index contributed by atoms with van der Waals surface area (Å²) in [5.41, 5.74) is 1.10. The second-order valence-corrected chi connectivity index (χ2v) is 9.13. The molecule has 1 atom stereocenters. The molecule has 0 aliphatic heterocycles. The molecule has 0 radical (unpaired) electrons. The summed E-state index contributed by atoms with van der Waals surface area (Å²) >= 11 is 3.30. The number of pyridine rings is 1. The maximum atomic E-state index is 13.2. The minimum Gasteiger partial charge on any atom is -0.339 e. The van der Waals surface area contributed by atoms with Crippen LogP contribution in [0.15, 0.2) is 35.2 Å². The van der Waals surface area contributed by atoms with E-state index in [-0.39, 0.29) is 23.8 Å². The molecule has 2 heterocycles. The molecule has 2 aliphatic carbocycles. The molecule has 154 valence electrons. The molecule has 2 aliphatic rings. The minimum absolute atomic E-state index is 0.0644. The number of rotatable bonds is 8. The van der Waals surface area contributed by atoms with E-state index in [1.54, 1.807) is 35.3 Å². The highest BCUT2D eigenvalue weighted by atomic mass is 79.9. The van der Waals surface area contributed by atoms with Gasteiger partial charge in [-0.05, 0) is 91.4 Å². The van der Waals surface area contributed by atoms with E-state index < -0.39 is 6.04 Å². The van der Waals surface area contributed by atoms with Gasteiger partial charge in [0.15, 0.2) is 0 Å². The van der Waals surface area contributed by atoms with Gasteiger partial charge in [0.2, 0.25) is 5.91 Å². The number of nitrogens with one attached hydrogen (secondary N) is 2. The zero-order chi connectivity index (χ0) is 20.5. The molecule has 29 heavy (non-hydrogen) atoms. The molecule has 0 spiro atoms. The largest absolute Gasteiger partial charge is 0.339 e. The number of carbonyl (C=O) groups is 2. The molecule has 0 saturated heterocycles. The predicted molar refractivity (Wildman–Crippen MR) is 113 cm³/mol. The maximum absolute atomic E-state index is 13.2. The summed E-state index contributed by atoms with van der Waals surface area (Å²) in [4.78, 5) is 30.5. The van der Waals surface area contributed by atoms with E-state index in [4.69, 9.17) is 0 Å². The second-order valence-electron chi connectivity index (χ2n) is 8.32. The first-order valence-corrected chi connectivity index (χ1v) is 11.0. The van der Waals surface area contributed by atoms with Crippen molar-refractivity contribution in [1.29, 1.82) is 0 Å². The van der Waals surface area contributed by atoms with Crippen LogP contribution >= 0.6 is 15.9 Å². The highest BCUT2D eigenvalue weighted by Crippen LogP contribution is 2.50. The molecule has 2 amide bonds. The molecule has 2 saturated carbocycles. The lowest BCUT2D eigenvalue weighted by Gasteiger charge is -2.27. The van der Waals surface area contributed by atoms with Gasteiger partial charge in [0.1, 0.15) is 16.3 Å². The lowest BCUT2D eigenvalue weighted by molar-refractivity contribution is -0.119. The van der Waals surface area contributed by atoms with Crippen molar-refractivity contribution in [1.82, 2.24) is 20.1 Å². The van der Waals surface area contributed by atoms with Crippen LogP contribution in [0.5, 0.6) is 0 Å². The third kappa shape index (κ3) is 4.69. The van der Waals surface area contributed by atoms with Gasteiger partial charge in [-0.3, -0.25) is 14.3 Å². The van der Waals surface area contributed by atoms with Crippen molar-refractivity contribution in [3.8, 4) is 0 Å². The van der Waals surface area contributed by atoms with Crippen molar-refractivity contribution in [2.45, 2.75) is 51.6 Å². The molecule has 2 N–H and O–H groups in total. The number of hydrogen-bond acceptors (Lipinski definition) is 4. The first-order chi connectivity index (χ1) is 13.9. The predicted octanol–water partition coefficient (Wildman–Crippen LogP) is 3.79. The summed E-state index contributed by atoms with van der Waals surface area (Å²) in [5.74, 6) is 0.768. The Balaban J connectivity index is 1.56. The highest BCUT2D eigenvalue weighted by molar-refractivity contribution is 9.10. The molecule has 2 fully saturated rings. The van der Waals surface area contributed by atoms with E-state index in [0.29, 0.717) is 27.8 Å².